The second-order valence-corrected chi connectivity index (χ2v) is 18.1. The summed E-state index contributed by atoms with van der Waals surface area (Å²) >= 11 is 0. The van der Waals surface area contributed by atoms with Crippen molar-refractivity contribution in [3.05, 3.63) is 65.2 Å². The number of piperidine rings is 1. The Balaban J connectivity index is 0.699. The first-order valence-electron chi connectivity index (χ1n) is 22.2. The van der Waals surface area contributed by atoms with Gasteiger partial charge in [0.15, 0.2) is 11.3 Å². The lowest BCUT2D eigenvalue weighted by molar-refractivity contribution is -0.136. The van der Waals surface area contributed by atoms with Crippen molar-refractivity contribution in [3.63, 3.8) is 0 Å². The monoisotopic (exact) mass is 867 g/mol. The molecule has 0 radical (unpaired) electrons. The lowest BCUT2D eigenvalue weighted by Crippen LogP contribution is -2.54. The molecule has 2 aliphatic carbocycles. The topological polar surface area (TPSA) is 188 Å². The number of alkyl halides is 2. The van der Waals surface area contributed by atoms with Gasteiger partial charge in [0, 0.05) is 50.2 Å². The molecule has 5 amide bonds. The number of morpholine rings is 1. The molecule has 3 saturated heterocycles. The molecule has 2 saturated carbocycles. The van der Waals surface area contributed by atoms with Crippen LogP contribution in [0.3, 0.4) is 0 Å². The molecule has 17 nitrogen and oxygen atoms in total. The molecule has 10 rings (SSSR count). The molecular weight excluding hydrogens is 817 g/mol. The van der Waals surface area contributed by atoms with Gasteiger partial charge >= 0.3 is 0 Å². The van der Waals surface area contributed by atoms with E-state index in [0.717, 1.165) is 81.6 Å². The number of fused-ring (bicyclic) bond motifs is 4. The van der Waals surface area contributed by atoms with Gasteiger partial charge in [-0.1, -0.05) is 6.07 Å². The average molecular weight is 868 g/mol. The fraction of sp³-hybridized carbons (Fsp3) is 0.545. The number of ether oxygens (including phenoxy) is 1. The summed E-state index contributed by atoms with van der Waals surface area (Å²) in [6, 6.07) is 6.60. The summed E-state index contributed by atoms with van der Waals surface area (Å²) in [6.07, 6.45) is 10.7. The van der Waals surface area contributed by atoms with E-state index in [9.17, 15) is 32.8 Å². The Morgan fingerprint density at radius 2 is 1.76 bits per heavy atom. The quantitative estimate of drug-likeness (QED) is 0.165. The van der Waals surface area contributed by atoms with Gasteiger partial charge in [0.2, 0.25) is 11.8 Å². The third-order valence-electron chi connectivity index (χ3n) is 14.2. The van der Waals surface area contributed by atoms with Crippen LogP contribution < -0.4 is 20.9 Å². The van der Waals surface area contributed by atoms with Crippen molar-refractivity contribution in [1.82, 2.24) is 39.5 Å². The summed E-state index contributed by atoms with van der Waals surface area (Å²) in [5.41, 5.74) is 1.18. The molecule has 332 valence electrons. The van der Waals surface area contributed by atoms with Gasteiger partial charge in [0.05, 0.1) is 47.8 Å². The molecule has 1 aromatic carbocycles. The summed E-state index contributed by atoms with van der Waals surface area (Å²) in [4.78, 5) is 74.9. The van der Waals surface area contributed by atoms with E-state index >= 15 is 0 Å². The van der Waals surface area contributed by atoms with Crippen molar-refractivity contribution < 1.29 is 37.5 Å². The van der Waals surface area contributed by atoms with Crippen molar-refractivity contribution in [1.29, 1.82) is 0 Å². The minimum Gasteiger partial charge on any atom is -0.384 e. The second-order valence-electron chi connectivity index (χ2n) is 18.1. The molecule has 1 unspecified atom stereocenters. The largest absolute Gasteiger partial charge is 0.384 e. The van der Waals surface area contributed by atoms with Crippen LogP contribution in [0, 0.1) is 11.8 Å². The van der Waals surface area contributed by atoms with E-state index in [0.29, 0.717) is 42.4 Å². The predicted octanol–water partition coefficient (Wildman–Crippen LogP) is 4.83. The summed E-state index contributed by atoms with van der Waals surface area (Å²) < 4.78 is 37.5. The van der Waals surface area contributed by atoms with E-state index in [4.69, 9.17) is 9.72 Å². The number of anilines is 3. The molecule has 19 heteroatoms. The Labute approximate surface area is 361 Å². The number of benzene rings is 1. The third kappa shape index (κ3) is 7.82. The van der Waals surface area contributed by atoms with E-state index in [-0.39, 0.29) is 53.4 Å². The SMILES string of the molecule is CN(CC1CCC(n2cc(NC(=O)c3cnn4ccc(N5C[C@H]6C[C@@H]5CO6)nc34)c(C(F)F)n2)CC1)C1CCC(CNc2cccc3c2C(=O)N(C2CCC(=O)NC2=O)C3=O)CC1. The van der Waals surface area contributed by atoms with Crippen LogP contribution in [0.25, 0.3) is 5.65 Å². The molecule has 7 heterocycles. The van der Waals surface area contributed by atoms with E-state index < -0.39 is 47.7 Å². The van der Waals surface area contributed by atoms with Gasteiger partial charge in [0.25, 0.3) is 24.1 Å². The van der Waals surface area contributed by atoms with Crippen molar-refractivity contribution >= 4 is 52.4 Å². The summed E-state index contributed by atoms with van der Waals surface area (Å²) in [5, 5.41) is 16.9. The van der Waals surface area contributed by atoms with Gasteiger partial charge in [-0.2, -0.15) is 10.2 Å². The summed E-state index contributed by atoms with van der Waals surface area (Å²) in [5.74, 6) is -1.07. The summed E-state index contributed by atoms with van der Waals surface area (Å²) in [6.45, 7) is 2.97. The Morgan fingerprint density at radius 3 is 2.49 bits per heavy atom. The minimum atomic E-state index is -2.87. The minimum absolute atomic E-state index is 0.0140. The third-order valence-corrected chi connectivity index (χ3v) is 14.2. The normalized spacial score (nSPS) is 27.2. The standard InChI is InChI=1S/C44H51F2N11O6/c1-53(26-9-5-24(6-10-26)18-47-32-4-2-3-30-37(32)44(62)57(43(30)61)34-13-14-36(58)51-42(34)60)20-25-7-11-27(12-8-25)56-22-33(38(52-56)39(45)46)49-41(59)31-19-48-55-16-15-35(50-40(31)55)54-21-29-17-28(54)23-63-29/h2-4,15-16,19,22,24-29,34,39,47H,5-14,17-18,20-21,23H2,1H3,(H,49,59)(H,51,58,60)/t24?,25?,26?,27?,28-,29-,34?/m1/s1. The molecule has 4 aromatic rings. The van der Waals surface area contributed by atoms with Crippen LogP contribution in [0.4, 0.5) is 26.0 Å². The maximum Gasteiger partial charge on any atom is 0.284 e. The van der Waals surface area contributed by atoms with Gasteiger partial charge in [0.1, 0.15) is 17.4 Å². The zero-order chi connectivity index (χ0) is 43.5. The molecule has 63 heavy (non-hydrogen) atoms. The van der Waals surface area contributed by atoms with Gasteiger partial charge in [-0.15, -0.1) is 0 Å². The van der Waals surface area contributed by atoms with Crippen molar-refractivity contribution in [2.24, 2.45) is 11.8 Å². The number of hydrogen-bond donors (Lipinski definition) is 3. The fourth-order valence-electron chi connectivity index (χ4n) is 10.8. The first kappa shape index (κ1) is 41.2. The highest BCUT2D eigenvalue weighted by Gasteiger charge is 2.46. The predicted molar refractivity (Wildman–Crippen MR) is 225 cm³/mol. The van der Waals surface area contributed by atoms with E-state index in [1.54, 1.807) is 29.1 Å². The Morgan fingerprint density at radius 1 is 0.968 bits per heavy atom. The lowest BCUT2D eigenvalue weighted by Gasteiger charge is -2.38. The zero-order valence-electron chi connectivity index (χ0n) is 35.0. The van der Waals surface area contributed by atoms with Crippen LogP contribution in [0.5, 0.6) is 0 Å². The molecule has 2 bridgehead atoms. The van der Waals surface area contributed by atoms with Crippen LogP contribution in [-0.4, -0.2) is 121 Å². The van der Waals surface area contributed by atoms with E-state index in [1.807, 2.05) is 6.07 Å². The molecule has 3 atom stereocenters. The molecule has 4 aliphatic heterocycles. The number of amides is 5. The molecule has 3 N–H and O–H groups in total. The number of carbonyl (C=O) groups is 5. The number of hydrogen-bond acceptors (Lipinski definition) is 12. The van der Waals surface area contributed by atoms with Gasteiger partial charge in [-0.3, -0.25) is 38.9 Å². The highest BCUT2D eigenvalue weighted by Crippen LogP contribution is 2.38. The number of halogens is 2. The van der Waals surface area contributed by atoms with Crippen molar-refractivity contribution in [2.75, 3.05) is 48.8 Å². The zero-order valence-corrected chi connectivity index (χ0v) is 35.0. The first-order valence-corrected chi connectivity index (χ1v) is 22.2. The molecule has 6 aliphatic rings. The Kier molecular flexibility index (Phi) is 10.9. The summed E-state index contributed by atoms with van der Waals surface area (Å²) in [7, 11) is 2.18. The van der Waals surface area contributed by atoms with Crippen LogP contribution in [-0.2, 0) is 14.3 Å². The van der Waals surface area contributed by atoms with Crippen molar-refractivity contribution in [3.8, 4) is 0 Å². The fourth-order valence-corrected chi connectivity index (χ4v) is 10.8. The van der Waals surface area contributed by atoms with E-state index in [2.05, 4.69) is 43.0 Å². The highest BCUT2D eigenvalue weighted by atomic mass is 19.3. The number of aromatic nitrogens is 5. The van der Waals surface area contributed by atoms with Crippen LogP contribution >= 0.6 is 0 Å². The van der Waals surface area contributed by atoms with Crippen molar-refractivity contribution in [2.45, 2.75) is 107 Å². The Hall–Kier alpha value is -5.82. The number of rotatable bonds is 12. The van der Waals surface area contributed by atoms with Crippen LogP contribution in [0.2, 0.25) is 0 Å². The maximum atomic E-state index is 14.3. The van der Waals surface area contributed by atoms with Gasteiger partial charge in [-0.05, 0) is 101 Å². The molecule has 3 aromatic heterocycles. The molecule has 5 fully saturated rings. The number of nitrogens with zero attached hydrogens (tertiary/aromatic N) is 8. The number of imide groups is 2. The number of nitrogens with one attached hydrogen (secondary N) is 3. The van der Waals surface area contributed by atoms with Crippen LogP contribution in [0.15, 0.2) is 42.9 Å². The van der Waals surface area contributed by atoms with Crippen LogP contribution in [0.1, 0.15) is 120 Å². The lowest BCUT2D eigenvalue weighted by atomic mass is 9.83. The maximum absolute atomic E-state index is 14.3. The highest BCUT2D eigenvalue weighted by molar-refractivity contribution is 6.25. The second kappa shape index (κ2) is 16.7. The molecular formula is C44H51F2N11O6. The number of carbonyl (C=O) groups excluding carboxylic acids is 5. The van der Waals surface area contributed by atoms with Gasteiger partial charge < -0.3 is 25.2 Å². The van der Waals surface area contributed by atoms with Gasteiger partial charge in [-0.25, -0.2) is 18.3 Å². The average Bonchev–Trinajstić information content (AvgIpc) is 4.13. The Bertz CT molecular complexity index is 2460. The first-order chi connectivity index (χ1) is 30.5. The van der Waals surface area contributed by atoms with E-state index in [1.165, 1.54) is 16.9 Å². The smallest absolute Gasteiger partial charge is 0.284 e. The molecule has 0 spiro atoms.